The molecule has 2 N–H and O–H groups in total. The average Bonchev–Trinajstić information content (AvgIpc) is 2.45. The lowest BCUT2D eigenvalue weighted by atomic mass is 10.1. The molecule has 0 saturated carbocycles. The van der Waals surface area contributed by atoms with Crippen LogP contribution in [-0.4, -0.2) is 50.3 Å². The first-order valence-corrected chi connectivity index (χ1v) is 6.35. The lowest BCUT2D eigenvalue weighted by molar-refractivity contribution is -0.384. The Kier molecular flexibility index (Phi) is 5.92. The van der Waals surface area contributed by atoms with Gasteiger partial charge in [0.1, 0.15) is 11.4 Å². The first kappa shape index (κ1) is 16.7. The Morgan fingerprint density at radius 1 is 1.48 bits per heavy atom. The molecule has 0 atom stereocenters. The van der Waals surface area contributed by atoms with Crippen molar-refractivity contribution < 1.29 is 19.6 Å². The fraction of sp³-hybridized carbons (Fsp3) is 0.462. The van der Waals surface area contributed by atoms with E-state index in [-0.39, 0.29) is 30.2 Å². The van der Waals surface area contributed by atoms with Gasteiger partial charge in [-0.3, -0.25) is 14.9 Å². The van der Waals surface area contributed by atoms with E-state index in [2.05, 4.69) is 5.32 Å². The minimum Gasteiger partial charge on any atom is -0.496 e. The molecular weight excluding hydrogens is 278 g/mol. The Bertz CT molecular complexity index is 531. The highest BCUT2D eigenvalue weighted by Crippen LogP contribution is 2.34. The fourth-order valence-corrected chi connectivity index (χ4v) is 1.78. The molecule has 0 heterocycles. The second kappa shape index (κ2) is 7.44. The SMILES string of the molecule is COc1cc(N(C)C)c([N+](=O)[O-])cc1C(=O)NCCCO. The van der Waals surface area contributed by atoms with Crippen molar-refractivity contribution in [3.8, 4) is 5.75 Å². The molecule has 116 valence electrons. The number of carbonyl (C=O) groups excluding carboxylic acids is 1. The third-order valence-electron chi connectivity index (χ3n) is 2.84. The normalized spacial score (nSPS) is 10.1. The number of amides is 1. The predicted molar refractivity (Wildman–Crippen MR) is 78.0 cm³/mol. The molecule has 1 amide bonds. The molecule has 1 aromatic rings. The van der Waals surface area contributed by atoms with Crippen molar-refractivity contribution in [2.75, 3.05) is 39.3 Å². The smallest absolute Gasteiger partial charge is 0.293 e. The fourth-order valence-electron chi connectivity index (χ4n) is 1.78. The number of hydrogen-bond donors (Lipinski definition) is 2. The summed E-state index contributed by atoms with van der Waals surface area (Å²) >= 11 is 0. The van der Waals surface area contributed by atoms with Crippen LogP contribution in [0.4, 0.5) is 11.4 Å². The summed E-state index contributed by atoms with van der Waals surface area (Å²) in [6, 6.07) is 2.65. The van der Waals surface area contributed by atoms with Gasteiger partial charge in [0.15, 0.2) is 0 Å². The summed E-state index contributed by atoms with van der Waals surface area (Å²) in [6.07, 6.45) is 0.409. The van der Waals surface area contributed by atoms with Gasteiger partial charge in [0.25, 0.3) is 11.6 Å². The molecule has 0 fully saturated rings. The Morgan fingerprint density at radius 3 is 2.62 bits per heavy atom. The van der Waals surface area contributed by atoms with E-state index in [1.54, 1.807) is 19.0 Å². The monoisotopic (exact) mass is 297 g/mol. The first-order valence-electron chi connectivity index (χ1n) is 6.35. The maximum atomic E-state index is 12.0. The molecule has 0 aliphatic rings. The lowest BCUT2D eigenvalue weighted by Gasteiger charge is -2.16. The highest BCUT2D eigenvalue weighted by atomic mass is 16.6. The van der Waals surface area contributed by atoms with Crippen molar-refractivity contribution in [1.29, 1.82) is 0 Å². The second-order valence-electron chi connectivity index (χ2n) is 4.53. The Balaban J connectivity index is 3.21. The predicted octanol–water partition coefficient (Wildman–Crippen LogP) is 0.782. The van der Waals surface area contributed by atoms with Gasteiger partial charge in [-0.2, -0.15) is 0 Å². The highest BCUT2D eigenvalue weighted by Gasteiger charge is 2.23. The Hall–Kier alpha value is -2.35. The maximum Gasteiger partial charge on any atom is 0.293 e. The number of rotatable bonds is 7. The molecule has 0 radical (unpaired) electrons. The van der Waals surface area contributed by atoms with Crippen molar-refractivity contribution >= 4 is 17.3 Å². The van der Waals surface area contributed by atoms with Crippen LogP contribution in [0, 0.1) is 10.1 Å². The number of benzene rings is 1. The van der Waals surface area contributed by atoms with E-state index in [0.29, 0.717) is 12.1 Å². The van der Waals surface area contributed by atoms with E-state index < -0.39 is 10.8 Å². The number of methoxy groups -OCH3 is 1. The van der Waals surface area contributed by atoms with Gasteiger partial charge >= 0.3 is 0 Å². The summed E-state index contributed by atoms with van der Waals surface area (Å²) in [5.41, 5.74) is 0.268. The number of hydrogen-bond acceptors (Lipinski definition) is 6. The summed E-state index contributed by atoms with van der Waals surface area (Å²) in [4.78, 5) is 24.2. The molecule has 0 bridgehead atoms. The topological polar surface area (TPSA) is 105 Å². The summed E-state index contributed by atoms with van der Waals surface area (Å²) in [7, 11) is 4.73. The molecule has 0 aliphatic carbocycles. The molecule has 0 aliphatic heterocycles. The molecule has 0 spiro atoms. The quantitative estimate of drug-likeness (QED) is 0.438. The van der Waals surface area contributed by atoms with Crippen LogP contribution in [0.5, 0.6) is 5.75 Å². The lowest BCUT2D eigenvalue weighted by Crippen LogP contribution is -2.26. The van der Waals surface area contributed by atoms with Crippen molar-refractivity contribution in [2.45, 2.75) is 6.42 Å². The van der Waals surface area contributed by atoms with Gasteiger partial charge < -0.3 is 20.1 Å². The van der Waals surface area contributed by atoms with E-state index in [1.807, 2.05) is 0 Å². The Labute approximate surface area is 122 Å². The summed E-state index contributed by atoms with van der Waals surface area (Å²) in [5, 5.41) is 22.4. The van der Waals surface area contributed by atoms with Gasteiger partial charge in [0.2, 0.25) is 0 Å². The number of anilines is 1. The van der Waals surface area contributed by atoms with Gasteiger partial charge in [-0.25, -0.2) is 0 Å². The zero-order valence-corrected chi connectivity index (χ0v) is 12.3. The number of aliphatic hydroxyl groups is 1. The van der Waals surface area contributed by atoms with Crippen LogP contribution in [0.15, 0.2) is 12.1 Å². The van der Waals surface area contributed by atoms with Gasteiger partial charge in [-0.1, -0.05) is 0 Å². The average molecular weight is 297 g/mol. The molecule has 8 nitrogen and oxygen atoms in total. The van der Waals surface area contributed by atoms with E-state index >= 15 is 0 Å². The minimum absolute atomic E-state index is 0.0445. The summed E-state index contributed by atoms with van der Waals surface area (Å²) in [6.45, 7) is 0.235. The van der Waals surface area contributed by atoms with Crippen molar-refractivity contribution in [1.82, 2.24) is 5.32 Å². The number of carbonyl (C=O) groups is 1. The third kappa shape index (κ3) is 4.06. The molecule has 1 aromatic carbocycles. The molecule has 0 saturated heterocycles. The molecule has 8 heteroatoms. The molecular formula is C13H19N3O5. The van der Waals surface area contributed by atoms with E-state index in [0.717, 1.165) is 0 Å². The number of aliphatic hydroxyl groups excluding tert-OH is 1. The molecule has 0 unspecified atom stereocenters. The number of nitrogens with one attached hydrogen (secondary N) is 1. The van der Waals surface area contributed by atoms with Crippen LogP contribution in [0.3, 0.4) is 0 Å². The summed E-state index contributed by atoms with van der Waals surface area (Å²) in [5.74, 6) is -0.223. The Morgan fingerprint density at radius 2 is 2.14 bits per heavy atom. The molecule has 0 aromatic heterocycles. The van der Waals surface area contributed by atoms with Gasteiger partial charge in [0.05, 0.1) is 17.6 Å². The zero-order chi connectivity index (χ0) is 16.0. The highest BCUT2D eigenvalue weighted by molar-refractivity contribution is 5.98. The first-order chi connectivity index (χ1) is 9.92. The number of nitrogens with zero attached hydrogens (tertiary/aromatic N) is 2. The van der Waals surface area contributed by atoms with Gasteiger partial charge in [-0.15, -0.1) is 0 Å². The van der Waals surface area contributed by atoms with Crippen LogP contribution in [0.2, 0.25) is 0 Å². The van der Waals surface area contributed by atoms with Crippen molar-refractivity contribution in [2.24, 2.45) is 0 Å². The standard InChI is InChI=1S/C13H19N3O5/c1-15(2)10-8-12(21-3)9(7-11(10)16(19)20)13(18)14-5-4-6-17/h7-8,17H,4-6H2,1-3H3,(H,14,18). The summed E-state index contributed by atoms with van der Waals surface area (Å²) < 4.78 is 5.14. The number of nitro groups is 1. The van der Waals surface area contributed by atoms with E-state index in [4.69, 9.17) is 9.84 Å². The third-order valence-corrected chi connectivity index (χ3v) is 2.84. The molecule has 1 rings (SSSR count). The van der Waals surface area contributed by atoms with Crippen LogP contribution >= 0.6 is 0 Å². The van der Waals surface area contributed by atoms with Crippen molar-refractivity contribution in [3.05, 3.63) is 27.8 Å². The minimum atomic E-state index is -0.542. The van der Waals surface area contributed by atoms with Gasteiger partial charge in [-0.05, 0) is 6.42 Å². The van der Waals surface area contributed by atoms with Crippen LogP contribution < -0.4 is 15.0 Å². The zero-order valence-electron chi connectivity index (χ0n) is 12.3. The molecule has 21 heavy (non-hydrogen) atoms. The largest absolute Gasteiger partial charge is 0.496 e. The maximum absolute atomic E-state index is 12.0. The van der Waals surface area contributed by atoms with Crippen LogP contribution in [-0.2, 0) is 0 Å². The van der Waals surface area contributed by atoms with Gasteiger partial charge in [0, 0.05) is 39.4 Å². The second-order valence-corrected chi connectivity index (χ2v) is 4.53. The van der Waals surface area contributed by atoms with Crippen LogP contribution in [0.1, 0.15) is 16.8 Å². The van der Waals surface area contributed by atoms with E-state index in [1.165, 1.54) is 19.2 Å². The van der Waals surface area contributed by atoms with E-state index in [9.17, 15) is 14.9 Å². The number of nitro benzene ring substituents is 1. The van der Waals surface area contributed by atoms with Crippen molar-refractivity contribution in [3.63, 3.8) is 0 Å². The number of ether oxygens (including phenoxy) is 1. The van der Waals surface area contributed by atoms with Crippen LogP contribution in [0.25, 0.3) is 0 Å².